The van der Waals surface area contributed by atoms with Crippen LogP contribution in [0, 0.1) is 0 Å². The maximum absolute atomic E-state index is 10.4. The number of nitrogens with one attached hydrogen (secondary N) is 1. The Morgan fingerprint density at radius 3 is 2.82 bits per heavy atom. The van der Waals surface area contributed by atoms with E-state index >= 15 is 0 Å². The Morgan fingerprint density at radius 2 is 2.36 bits per heavy atom. The van der Waals surface area contributed by atoms with Crippen molar-refractivity contribution in [2.75, 3.05) is 20.3 Å². The van der Waals surface area contributed by atoms with Crippen LogP contribution in [0.1, 0.15) is 6.92 Å². The minimum atomic E-state index is -0.188. The van der Waals surface area contributed by atoms with Crippen molar-refractivity contribution in [1.82, 2.24) is 5.32 Å². The van der Waals surface area contributed by atoms with E-state index < -0.39 is 0 Å². The number of methoxy groups -OCH3 is 1. The minimum absolute atomic E-state index is 0.116. The van der Waals surface area contributed by atoms with Gasteiger partial charge in [0, 0.05) is 19.7 Å². The summed E-state index contributed by atoms with van der Waals surface area (Å²) in [4.78, 5) is 10.4. The molecular weight excluding hydrogens is 146 g/mol. The predicted molar refractivity (Wildman–Crippen MR) is 41.3 cm³/mol. The van der Waals surface area contributed by atoms with Gasteiger partial charge in [-0.25, -0.2) is 0 Å². The third-order valence-corrected chi connectivity index (χ3v) is 0.952. The minimum Gasteiger partial charge on any atom is -0.495 e. The molecule has 0 heterocycles. The largest absolute Gasteiger partial charge is 0.495 e. The van der Waals surface area contributed by atoms with Crippen LogP contribution in [0.2, 0.25) is 0 Å². The Balaban J connectivity index is 3.51. The van der Waals surface area contributed by atoms with Crippen molar-refractivity contribution < 1.29 is 14.6 Å². The number of ketones is 1. The maximum Gasteiger partial charge on any atom is 0.187 e. The van der Waals surface area contributed by atoms with Crippen molar-refractivity contribution in [1.29, 1.82) is 0 Å². The van der Waals surface area contributed by atoms with Gasteiger partial charge in [-0.15, -0.1) is 0 Å². The SMILES string of the molecule is COCCN/C(O)=C/C(C)=O. The average Bonchev–Trinajstić information content (AvgIpc) is 1.86. The van der Waals surface area contributed by atoms with Crippen LogP contribution in [-0.4, -0.2) is 31.2 Å². The van der Waals surface area contributed by atoms with Gasteiger partial charge in [0.15, 0.2) is 11.7 Å². The van der Waals surface area contributed by atoms with Crippen molar-refractivity contribution in [2.24, 2.45) is 0 Å². The summed E-state index contributed by atoms with van der Waals surface area (Å²) in [5.74, 6) is -0.304. The molecule has 0 bridgehead atoms. The summed E-state index contributed by atoms with van der Waals surface area (Å²) in [5, 5.41) is 11.5. The first kappa shape index (κ1) is 9.97. The van der Waals surface area contributed by atoms with Gasteiger partial charge < -0.3 is 15.2 Å². The fourth-order valence-electron chi connectivity index (χ4n) is 0.525. The molecule has 0 aromatic heterocycles. The molecule has 0 spiro atoms. The molecule has 0 rings (SSSR count). The Bertz CT molecular complexity index is 154. The van der Waals surface area contributed by atoms with Crippen molar-refractivity contribution in [2.45, 2.75) is 6.92 Å². The second-order valence-electron chi connectivity index (χ2n) is 2.06. The van der Waals surface area contributed by atoms with Gasteiger partial charge >= 0.3 is 0 Å². The molecule has 2 N–H and O–H groups in total. The van der Waals surface area contributed by atoms with Crippen LogP contribution in [0.15, 0.2) is 12.0 Å². The zero-order chi connectivity index (χ0) is 8.69. The smallest absolute Gasteiger partial charge is 0.187 e. The molecule has 0 amide bonds. The van der Waals surface area contributed by atoms with Crippen LogP contribution in [-0.2, 0) is 9.53 Å². The van der Waals surface area contributed by atoms with Crippen LogP contribution in [0.5, 0.6) is 0 Å². The summed E-state index contributed by atoms with van der Waals surface area (Å²) in [5.41, 5.74) is 0. The summed E-state index contributed by atoms with van der Waals surface area (Å²) in [6.45, 7) is 2.36. The summed E-state index contributed by atoms with van der Waals surface area (Å²) in [7, 11) is 1.56. The molecule has 4 heteroatoms. The highest BCUT2D eigenvalue weighted by Gasteiger charge is 1.92. The number of hydrogen-bond donors (Lipinski definition) is 2. The topological polar surface area (TPSA) is 58.6 Å². The molecule has 0 aliphatic rings. The number of carbonyl (C=O) groups excluding carboxylic acids is 1. The molecule has 64 valence electrons. The molecule has 0 saturated carbocycles. The highest BCUT2D eigenvalue weighted by Crippen LogP contribution is 1.82. The van der Waals surface area contributed by atoms with Crippen molar-refractivity contribution in [3.05, 3.63) is 12.0 Å². The molecule has 4 nitrogen and oxygen atoms in total. The van der Waals surface area contributed by atoms with Crippen LogP contribution >= 0.6 is 0 Å². The summed E-state index contributed by atoms with van der Waals surface area (Å²) >= 11 is 0. The van der Waals surface area contributed by atoms with Crippen molar-refractivity contribution >= 4 is 5.78 Å². The number of aliphatic hydroxyl groups is 1. The van der Waals surface area contributed by atoms with E-state index in [0.29, 0.717) is 13.2 Å². The van der Waals surface area contributed by atoms with Crippen LogP contribution in [0.4, 0.5) is 0 Å². The van der Waals surface area contributed by atoms with Gasteiger partial charge in [0.2, 0.25) is 0 Å². The predicted octanol–water partition coefficient (Wildman–Crippen LogP) is 0.211. The number of carbonyl (C=O) groups is 1. The fourth-order valence-corrected chi connectivity index (χ4v) is 0.525. The zero-order valence-electron chi connectivity index (χ0n) is 6.76. The first-order valence-electron chi connectivity index (χ1n) is 3.31. The van der Waals surface area contributed by atoms with Crippen LogP contribution in [0.3, 0.4) is 0 Å². The van der Waals surface area contributed by atoms with Gasteiger partial charge in [0.05, 0.1) is 6.61 Å². The lowest BCUT2D eigenvalue weighted by molar-refractivity contribution is -0.112. The van der Waals surface area contributed by atoms with Gasteiger partial charge in [-0.1, -0.05) is 0 Å². The normalized spacial score (nSPS) is 11.3. The molecule has 0 unspecified atom stereocenters. The van der Waals surface area contributed by atoms with E-state index in [9.17, 15) is 4.79 Å². The van der Waals surface area contributed by atoms with E-state index in [-0.39, 0.29) is 11.7 Å². The second kappa shape index (κ2) is 5.73. The number of hydrogen-bond acceptors (Lipinski definition) is 4. The molecular formula is C7H13NO3. The van der Waals surface area contributed by atoms with E-state index in [1.165, 1.54) is 6.92 Å². The van der Waals surface area contributed by atoms with Gasteiger partial charge in [-0.3, -0.25) is 4.79 Å². The molecule has 0 atom stereocenters. The van der Waals surface area contributed by atoms with E-state index in [0.717, 1.165) is 6.08 Å². The van der Waals surface area contributed by atoms with Gasteiger partial charge in [-0.2, -0.15) is 0 Å². The number of aliphatic hydroxyl groups excluding tert-OH is 1. The third kappa shape index (κ3) is 6.86. The Labute approximate surface area is 65.9 Å². The standard InChI is InChI=1S/C7H13NO3/c1-6(9)5-7(10)8-3-4-11-2/h5,8,10H,3-4H2,1-2H3/b7-5-. The molecule has 0 aliphatic carbocycles. The van der Waals surface area contributed by atoms with Crippen molar-refractivity contribution in [3.63, 3.8) is 0 Å². The lowest BCUT2D eigenvalue weighted by atomic mass is 10.4. The molecule has 11 heavy (non-hydrogen) atoms. The van der Waals surface area contributed by atoms with E-state index in [1.54, 1.807) is 7.11 Å². The highest BCUT2D eigenvalue weighted by atomic mass is 16.5. The summed E-state index contributed by atoms with van der Waals surface area (Å²) < 4.78 is 4.71. The lowest BCUT2D eigenvalue weighted by Crippen LogP contribution is -2.18. The van der Waals surface area contributed by atoms with Gasteiger partial charge in [-0.05, 0) is 6.92 Å². The molecule has 0 fully saturated rings. The third-order valence-electron chi connectivity index (χ3n) is 0.952. The molecule has 0 aromatic rings. The fraction of sp³-hybridized carbons (Fsp3) is 0.571. The van der Waals surface area contributed by atoms with E-state index in [1.807, 2.05) is 0 Å². The summed E-state index contributed by atoms with van der Waals surface area (Å²) in [6, 6.07) is 0. The van der Waals surface area contributed by atoms with Gasteiger partial charge in [0.1, 0.15) is 0 Å². The lowest BCUT2D eigenvalue weighted by Gasteiger charge is -2.02. The zero-order valence-corrected chi connectivity index (χ0v) is 6.76. The summed E-state index contributed by atoms with van der Waals surface area (Å²) in [6.07, 6.45) is 1.12. The second-order valence-corrected chi connectivity index (χ2v) is 2.06. The quantitative estimate of drug-likeness (QED) is 0.342. The first-order chi connectivity index (χ1) is 5.16. The van der Waals surface area contributed by atoms with Crippen molar-refractivity contribution in [3.8, 4) is 0 Å². The van der Waals surface area contributed by atoms with E-state index in [2.05, 4.69) is 5.32 Å². The monoisotopic (exact) mass is 159 g/mol. The van der Waals surface area contributed by atoms with Gasteiger partial charge in [0.25, 0.3) is 0 Å². The Hall–Kier alpha value is -1.03. The first-order valence-corrected chi connectivity index (χ1v) is 3.31. The highest BCUT2D eigenvalue weighted by molar-refractivity contribution is 5.87. The molecule has 0 radical (unpaired) electrons. The van der Waals surface area contributed by atoms with Crippen LogP contribution < -0.4 is 5.32 Å². The van der Waals surface area contributed by atoms with Crippen LogP contribution in [0.25, 0.3) is 0 Å². The molecule has 0 saturated heterocycles. The Morgan fingerprint density at radius 1 is 1.73 bits per heavy atom. The number of allylic oxidation sites excluding steroid dienone is 1. The maximum atomic E-state index is 10.4. The average molecular weight is 159 g/mol. The molecule has 0 aromatic carbocycles. The number of rotatable bonds is 5. The van der Waals surface area contributed by atoms with E-state index in [4.69, 9.17) is 9.84 Å². The molecule has 0 aliphatic heterocycles. The number of ether oxygens (including phenoxy) is 1. The Kier molecular flexibility index (Phi) is 5.20.